The molecule has 2 unspecified atom stereocenters. The predicted molar refractivity (Wildman–Crippen MR) is 107 cm³/mol. The van der Waals surface area contributed by atoms with Crippen LogP contribution >= 0.6 is 23.1 Å². The summed E-state index contributed by atoms with van der Waals surface area (Å²) in [6.45, 7) is 1.35. The van der Waals surface area contributed by atoms with E-state index in [1.54, 1.807) is 17.1 Å². The maximum absolute atomic E-state index is 10.6. The number of hydrogen-bond acceptors (Lipinski definition) is 11. The molecule has 154 valence electrons. The zero-order valence-corrected chi connectivity index (χ0v) is 16.9. The number of thioether (sulfide) groups is 1. The molecule has 10 nitrogen and oxygen atoms in total. The first-order valence-corrected chi connectivity index (χ1v) is 11.1. The van der Waals surface area contributed by atoms with Gasteiger partial charge in [0.2, 0.25) is 0 Å². The number of imidazole rings is 1. The fraction of sp³-hybridized carbons (Fsp3) is 0.529. The number of thiazole rings is 1. The molecule has 0 saturated carbocycles. The van der Waals surface area contributed by atoms with Crippen molar-refractivity contribution in [3.05, 3.63) is 24.2 Å². The summed E-state index contributed by atoms with van der Waals surface area (Å²) in [6, 6.07) is 0.181. The van der Waals surface area contributed by atoms with Crippen molar-refractivity contribution in [3.63, 3.8) is 0 Å². The van der Waals surface area contributed by atoms with Gasteiger partial charge in [-0.05, 0) is 6.42 Å². The minimum Gasteiger partial charge on any atom is -0.387 e. The standard InChI is InChI=1S/C17H20N6O4S2/c24-12-10(6-29-17-18-2-4-28-17)27-16(13(12)25)23-8-21-11-14(19-7-20-15(11)23)22-9-1-3-26-5-9/h2,4,7-10,12-13,16,24-25H,1,3,5-6H2,(H,19,20,22)/t9?,10-,12-,13-,16?/m1/s1. The number of rotatable bonds is 6. The molecule has 29 heavy (non-hydrogen) atoms. The summed E-state index contributed by atoms with van der Waals surface area (Å²) in [7, 11) is 0. The van der Waals surface area contributed by atoms with Crippen molar-refractivity contribution in [2.75, 3.05) is 24.3 Å². The van der Waals surface area contributed by atoms with Crippen LogP contribution in [0.25, 0.3) is 11.2 Å². The van der Waals surface area contributed by atoms with Crippen molar-refractivity contribution in [1.29, 1.82) is 0 Å². The van der Waals surface area contributed by atoms with Gasteiger partial charge in [0.05, 0.1) is 25.1 Å². The Balaban J connectivity index is 1.35. The molecule has 0 spiro atoms. The molecule has 5 rings (SSSR count). The molecule has 0 aromatic carbocycles. The van der Waals surface area contributed by atoms with E-state index in [1.807, 2.05) is 5.38 Å². The lowest BCUT2D eigenvalue weighted by Gasteiger charge is -2.17. The number of anilines is 1. The van der Waals surface area contributed by atoms with Gasteiger partial charge in [0.25, 0.3) is 0 Å². The molecule has 3 aromatic heterocycles. The summed E-state index contributed by atoms with van der Waals surface area (Å²) in [5.41, 5.74) is 1.12. The van der Waals surface area contributed by atoms with Crippen LogP contribution in [0.15, 0.2) is 28.6 Å². The number of nitrogens with one attached hydrogen (secondary N) is 1. The fourth-order valence-corrected chi connectivity index (χ4v) is 5.24. The smallest absolute Gasteiger partial charge is 0.167 e. The Bertz CT molecular complexity index is 964. The molecule has 3 N–H and O–H groups in total. The second kappa shape index (κ2) is 8.13. The van der Waals surface area contributed by atoms with Crippen molar-refractivity contribution in [3.8, 4) is 0 Å². The molecule has 2 aliphatic heterocycles. The highest BCUT2D eigenvalue weighted by Gasteiger charge is 2.44. The van der Waals surface area contributed by atoms with E-state index in [0.29, 0.717) is 29.3 Å². The average Bonchev–Trinajstić information content (AvgIpc) is 3.51. The zero-order chi connectivity index (χ0) is 19.8. The molecule has 0 radical (unpaired) electrons. The molecular weight excluding hydrogens is 416 g/mol. The van der Waals surface area contributed by atoms with Crippen LogP contribution < -0.4 is 5.32 Å². The van der Waals surface area contributed by atoms with E-state index in [0.717, 1.165) is 17.4 Å². The van der Waals surface area contributed by atoms with Crippen molar-refractivity contribution in [1.82, 2.24) is 24.5 Å². The first kappa shape index (κ1) is 19.2. The first-order chi connectivity index (χ1) is 14.2. The minimum absolute atomic E-state index is 0.181. The SMILES string of the molecule is O[C@@H]1[C@@H](CSc2nccs2)OC(n2cnc3c(NC4CCOC4)ncnc32)[C@@H]1O. The van der Waals surface area contributed by atoms with Gasteiger partial charge >= 0.3 is 0 Å². The lowest BCUT2D eigenvalue weighted by molar-refractivity contribution is -0.0289. The van der Waals surface area contributed by atoms with Crippen LogP contribution in [0.3, 0.4) is 0 Å². The molecule has 5 atom stereocenters. The largest absolute Gasteiger partial charge is 0.387 e. The van der Waals surface area contributed by atoms with Crippen molar-refractivity contribution < 1.29 is 19.7 Å². The molecule has 2 saturated heterocycles. The lowest BCUT2D eigenvalue weighted by atomic mass is 10.1. The zero-order valence-electron chi connectivity index (χ0n) is 15.3. The van der Waals surface area contributed by atoms with Gasteiger partial charge in [0, 0.05) is 23.9 Å². The van der Waals surface area contributed by atoms with Gasteiger partial charge in [0.1, 0.15) is 22.9 Å². The summed E-state index contributed by atoms with van der Waals surface area (Å²) in [5, 5.41) is 26.3. The Morgan fingerprint density at radius 3 is 2.97 bits per heavy atom. The summed E-state index contributed by atoms with van der Waals surface area (Å²) in [4.78, 5) is 17.3. The first-order valence-electron chi connectivity index (χ1n) is 9.26. The van der Waals surface area contributed by atoms with Crippen LogP contribution in [-0.2, 0) is 9.47 Å². The third kappa shape index (κ3) is 3.71. The molecule has 2 aliphatic rings. The molecular formula is C17H20N6O4S2. The Kier molecular flexibility index (Phi) is 5.37. The third-order valence-corrected chi connectivity index (χ3v) is 7.08. The van der Waals surface area contributed by atoms with Crippen molar-refractivity contribution in [2.45, 2.75) is 41.3 Å². The van der Waals surface area contributed by atoms with Crippen LogP contribution in [0.5, 0.6) is 0 Å². The van der Waals surface area contributed by atoms with Gasteiger partial charge < -0.3 is 25.0 Å². The van der Waals surface area contributed by atoms with Crippen LogP contribution in [0.1, 0.15) is 12.6 Å². The molecule has 5 heterocycles. The van der Waals surface area contributed by atoms with E-state index >= 15 is 0 Å². The quantitative estimate of drug-likeness (QED) is 0.479. The van der Waals surface area contributed by atoms with Gasteiger partial charge in [-0.15, -0.1) is 11.3 Å². The lowest BCUT2D eigenvalue weighted by Crippen LogP contribution is -2.32. The number of fused-ring (bicyclic) bond motifs is 1. The second-order valence-electron chi connectivity index (χ2n) is 6.91. The number of aromatic nitrogens is 5. The molecule has 0 aliphatic carbocycles. The van der Waals surface area contributed by atoms with E-state index in [9.17, 15) is 10.2 Å². The van der Waals surface area contributed by atoms with E-state index in [2.05, 4.69) is 25.3 Å². The number of aliphatic hydroxyl groups excluding tert-OH is 2. The van der Waals surface area contributed by atoms with Crippen LogP contribution in [-0.4, -0.2) is 78.0 Å². The Morgan fingerprint density at radius 2 is 2.17 bits per heavy atom. The predicted octanol–water partition coefficient (Wildman–Crippen LogP) is 0.895. The van der Waals surface area contributed by atoms with E-state index in [-0.39, 0.29) is 6.04 Å². The molecule has 0 amide bonds. The fourth-order valence-electron chi connectivity index (χ4n) is 3.52. The highest BCUT2D eigenvalue weighted by atomic mass is 32.2. The molecule has 2 fully saturated rings. The van der Waals surface area contributed by atoms with E-state index in [1.165, 1.54) is 29.4 Å². The summed E-state index contributed by atoms with van der Waals surface area (Å²) >= 11 is 3.02. The Morgan fingerprint density at radius 1 is 1.24 bits per heavy atom. The number of aliphatic hydroxyl groups is 2. The molecule has 12 heteroatoms. The summed E-state index contributed by atoms with van der Waals surface area (Å²) < 4.78 is 13.9. The van der Waals surface area contributed by atoms with Crippen LogP contribution in [0.2, 0.25) is 0 Å². The normalized spacial score (nSPS) is 29.7. The molecule has 0 bridgehead atoms. The Labute approximate surface area is 174 Å². The topological polar surface area (TPSA) is 127 Å². The minimum atomic E-state index is -1.09. The second-order valence-corrected chi connectivity index (χ2v) is 9.07. The summed E-state index contributed by atoms with van der Waals surface area (Å²) in [6.07, 6.45) is 2.23. The van der Waals surface area contributed by atoms with Crippen molar-refractivity contribution in [2.24, 2.45) is 0 Å². The van der Waals surface area contributed by atoms with Crippen LogP contribution in [0, 0.1) is 0 Å². The average molecular weight is 437 g/mol. The number of ether oxygens (including phenoxy) is 2. The van der Waals surface area contributed by atoms with Crippen molar-refractivity contribution >= 4 is 40.1 Å². The Hall–Kier alpha value is -1.83. The van der Waals surface area contributed by atoms with Gasteiger partial charge in [-0.1, -0.05) is 11.8 Å². The monoisotopic (exact) mass is 436 g/mol. The highest BCUT2D eigenvalue weighted by molar-refractivity contribution is 8.01. The van der Waals surface area contributed by atoms with Crippen LogP contribution in [0.4, 0.5) is 5.82 Å². The third-order valence-electron chi connectivity index (χ3n) is 5.02. The van der Waals surface area contributed by atoms with Gasteiger partial charge in [0.15, 0.2) is 23.2 Å². The maximum atomic E-state index is 10.6. The maximum Gasteiger partial charge on any atom is 0.167 e. The van der Waals surface area contributed by atoms with Gasteiger partial charge in [-0.3, -0.25) is 4.57 Å². The summed E-state index contributed by atoms with van der Waals surface area (Å²) in [5.74, 6) is 1.10. The number of hydrogen-bond donors (Lipinski definition) is 3. The van der Waals surface area contributed by atoms with E-state index in [4.69, 9.17) is 9.47 Å². The number of nitrogens with zero attached hydrogens (tertiary/aromatic N) is 5. The highest BCUT2D eigenvalue weighted by Crippen LogP contribution is 2.35. The van der Waals surface area contributed by atoms with E-state index < -0.39 is 24.5 Å². The van der Waals surface area contributed by atoms with Gasteiger partial charge in [-0.25, -0.2) is 19.9 Å². The van der Waals surface area contributed by atoms with Gasteiger partial charge in [-0.2, -0.15) is 0 Å². The molecule has 3 aromatic rings.